The highest BCUT2D eigenvalue weighted by Crippen LogP contribution is 2.82. The molecule has 4 aliphatic carbocycles. The molecule has 2 unspecified atom stereocenters. The van der Waals surface area contributed by atoms with Crippen LogP contribution in [0.1, 0.15) is 70.4 Å². The average molecular weight is 566 g/mol. The molecule has 1 aliphatic heterocycles. The van der Waals surface area contributed by atoms with E-state index in [1.54, 1.807) is 18.7 Å². The summed E-state index contributed by atoms with van der Waals surface area (Å²) in [6.45, 7) is 3.50. The molecule has 0 radical (unpaired) electrons. The lowest BCUT2D eigenvalue weighted by molar-refractivity contribution is -0.404. The molecule has 1 saturated heterocycles. The van der Waals surface area contributed by atoms with Crippen molar-refractivity contribution < 1.29 is 45.7 Å². The third-order valence-corrected chi connectivity index (χ3v) is 9.82. The zero-order valence-electron chi connectivity index (χ0n) is 21.5. The van der Waals surface area contributed by atoms with E-state index in [9.17, 15) is 40.9 Å². The van der Waals surface area contributed by atoms with Crippen LogP contribution in [0.4, 0.5) is 30.7 Å². The van der Waals surface area contributed by atoms with Crippen LogP contribution in [0.25, 0.3) is 10.9 Å². The van der Waals surface area contributed by atoms with Crippen LogP contribution >= 0.6 is 0 Å². The topological polar surface area (TPSA) is 70.8 Å². The number of rotatable bonds is 5. The highest BCUT2D eigenvalue weighted by molar-refractivity contribution is 5.85. The van der Waals surface area contributed by atoms with Crippen LogP contribution in [-0.2, 0) is 6.18 Å². The van der Waals surface area contributed by atoms with Crippen LogP contribution in [0.3, 0.4) is 0 Å². The molecule has 1 aromatic heterocycles. The van der Waals surface area contributed by atoms with Crippen molar-refractivity contribution in [2.24, 2.45) is 10.8 Å². The molecule has 0 spiro atoms. The van der Waals surface area contributed by atoms with Gasteiger partial charge in [-0.1, -0.05) is 0 Å². The van der Waals surface area contributed by atoms with Crippen molar-refractivity contribution in [2.45, 2.75) is 94.4 Å². The second-order valence-electron chi connectivity index (χ2n) is 12.7. The predicted molar refractivity (Wildman–Crippen MR) is 124 cm³/mol. The van der Waals surface area contributed by atoms with E-state index in [0.717, 1.165) is 10.7 Å². The molecule has 216 valence electrons. The van der Waals surface area contributed by atoms with Gasteiger partial charge in [0.15, 0.2) is 0 Å². The monoisotopic (exact) mass is 565 g/mol. The Balaban J connectivity index is 1.17. The van der Waals surface area contributed by atoms with Gasteiger partial charge in [0.1, 0.15) is 12.5 Å². The first-order chi connectivity index (χ1) is 17.9. The Morgan fingerprint density at radius 1 is 1.05 bits per heavy atom. The maximum atomic E-state index is 14.7. The van der Waals surface area contributed by atoms with Gasteiger partial charge in [0.25, 0.3) is 0 Å². The summed E-state index contributed by atoms with van der Waals surface area (Å²) in [4.78, 5) is 1.80. The van der Waals surface area contributed by atoms with Crippen molar-refractivity contribution in [1.29, 1.82) is 0 Å². The van der Waals surface area contributed by atoms with E-state index in [4.69, 9.17) is 4.74 Å². The SMILES string of the molecule is CC1CC(O)(C23CC(C(F)(F)F)(C2)C3)CCN1COc1cc(C(F)(F)F)c2c(c1)c(F)nn2C1CC(C)(O)C1. The zero-order valence-corrected chi connectivity index (χ0v) is 21.5. The van der Waals surface area contributed by atoms with Gasteiger partial charge in [-0.2, -0.15) is 30.7 Å². The maximum Gasteiger partial charge on any atom is 0.418 e. The lowest BCUT2D eigenvalue weighted by Gasteiger charge is -2.76. The van der Waals surface area contributed by atoms with Crippen molar-refractivity contribution in [2.75, 3.05) is 13.3 Å². The van der Waals surface area contributed by atoms with Gasteiger partial charge in [-0.05, 0) is 70.9 Å². The van der Waals surface area contributed by atoms with Crippen molar-refractivity contribution in [3.8, 4) is 5.75 Å². The van der Waals surface area contributed by atoms with Gasteiger partial charge in [0, 0.05) is 18.0 Å². The predicted octanol–water partition coefficient (Wildman–Crippen LogP) is 5.56. The molecule has 2 heterocycles. The molecule has 2 bridgehead atoms. The summed E-state index contributed by atoms with van der Waals surface area (Å²) in [5.74, 6) is -1.27. The Morgan fingerprint density at radius 3 is 2.23 bits per heavy atom. The number of piperidine rings is 1. The van der Waals surface area contributed by atoms with Crippen LogP contribution in [-0.4, -0.2) is 61.6 Å². The molecular formula is C26H30F7N3O3. The number of benzene rings is 1. The Kier molecular flexibility index (Phi) is 5.55. The second-order valence-corrected chi connectivity index (χ2v) is 12.7. The Morgan fingerprint density at radius 2 is 1.69 bits per heavy atom. The van der Waals surface area contributed by atoms with Crippen LogP contribution in [0.2, 0.25) is 0 Å². The third-order valence-electron chi connectivity index (χ3n) is 9.82. The lowest BCUT2D eigenvalue weighted by atomic mass is 9.29. The quantitative estimate of drug-likeness (QED) is 0.465. The summed E-state index contributed by atoms with van der Waals surface area (Å²) in [5, 5.41) is 24.7. The van der Waals surface area contributed by atoms with E-state index < -0.39 is 57.5 Å². The number of hydrogen-bond donors (Lipinski definition) is 2. The molecule has 1 aromatic carbocycles. The van der Waals surface area contributed by atoms with Gasteiger partial charge in [0.2, 0.25) is 5.95 Å². The molecule has 2 aromatic rings. The fourth-order valence-corrected chi connectivity index (χ4v) is 7.58. The number of nitrogens with zero attached hydrogens (tertiary/aromatic N) is 3. The van der Waals surface area contributed by atoms with Crippen molar-refractivity contribution in [3.63, 3.8) is 0 Å². The molecule has 5 fully saturated rings. The average Bonchev–Trinajstić information content (AvgIpc) is 3.03. The van der Waals surface area contributed by atoms with Gasteiger partial charge < -0.3 is 14.9 Å². The minimum Gasteiger partial charge on any atom is -0.478 e. The third kappa shape index (κ3) is 3.97. The van der Waals surface area contributed by atoms with Crippen LogP contribution < -0.4 is 4.74 Å². The van der Waals surface area contributed by atoms with E-state index in [0.29, 0.717) is 6.54 Å². The van der Waals surface area contributed by atoms with E-state index in [1.807, 2.05) is 0 Å². The molecule has 6 nitrogen and oxygen atoms in total. The first-order valence-electron chi connectivity index (χ1n) is 13.1. The number of aromatic nitrogens is 2. The van der Waals surface area contributed by atoms with Crippen LogP contribution in [0.5, 0.6) is 5.75 Å². The fraction of sp³-hybridized carbons (Fsp3) is 0.731. The summed E-state index contributed by atoms with van der Waals surface area (Å²) >= 11 is 0. The van der Waals surface area contributed by atoms with Gasteiger partial charge in [-0.25, -0.2) is 0 Å². The summed E-state index contributed by atoms with van der Waals surface area (Å²) in [6, 6.07) is 1.11. The number of alkyl halides is 6. The summed E-state index contributed by atoms with van der Waals surface area (Å²) in [6.07, 6.45) is -8.54. The largest absolute Gasteiger partial charge is 0.478 e. The van der Waals surface area contributed by atoms with Gasteiger partial charge in [-0.3, -0.25) is 9.58 Å². The Bertz CT molecular complexity index is 1290. The number of hydrogen-bond acceptors (Lipinski definition) is 5. The van der Waals surface area contributed by atoms with E-state index in [1.165, 1.54) is 6.07 Å². The van der Waals surface area contributed by atoms with Crippen molar-refractivity contribution in [3.05, 3.63) is 23.6 Å². The van der Waals surface area contributed by atoms with Crippen LogP contribution in [0, 0.1) is 16.8 Å². The number of halogens is 7. The van der Waals surface area contributed by atoms with E-state index in [2.05, 4.69) is 5.10 Å². The summed E-state index contributed by atoms with van der Waals surface area (Å²) in [5.41, 5.74) is -6.18. The molecule has 2 atom stereocenters. The van der Waals surface area contributed by atoms with Gasteiger partial charge in [-0.15, -0.1) is 5.10 Å². The molecule has 7 rings (SSSR count). The first kappa shape index (κ1) is 27.1. The summed E-state index contributed by atoms with van der Waals surface area (Å²) in [7, 11) is 0. The van der Waals surface area contributed by atoms with E-state index in [-0.39, 0.29) is 68.9 Å². The summed E-state index contributed by atoms with van der Waals surface area (Å²) < 4.78 is 103. The highest BCUT2D eigenvalue weighted by Gasteiger charge is 2.83. The van der Waals surface area contributed by atoms with Crippen LogP contribution in [0.15, 0.2) is 12.1 Å². The van der Waals surface area contributed by atoms with Gasteiger partial charge in [0.05, 0.1) is 39.1 Å². The minimum absolute atomic E-state index is 0.0684. The first-order valence-corrected chi connectivity index (χ1v) is 13.1. The fourth-order valence-electron chi connectivity index (χ4n) is 7.58. The normalized spacial score (nSPS) is 38.7. The number of likely N-dealkylation sites (tertiary alicyclic amines) is 1. The number of aliphatic hydroxyl groups is 2. The molecular weight excluding hydrogens is 535 g/mol. The minimum atomic E-state index is -4.82. The number of fused-ring (bicyclic) bond motifs is 1. The highest BCUT2D eigenvalue weighted by atomic mass is 19.4. The van der Waals surface area contributed by atoms with E-state index >= 15 is 0 Å². The second kappa shape index (κ2) is 8.00. The molecule has 39 heavy (non-hydrogen) atoms. The molecule has 2 N–H and O–H groups in total. The smallest absolute Gasteiger partial charge is 0.418 e. The molecule has 5 aliphatic rings. The Labute approximate surface area is 219 Å². The van der Waals surface area contributed by atoms with Crippen molar-refractivity contribution >= 4 is 10.9 Å². The van der Waals surface area contributed by atoms with Gasteiger partial charge >= 0.3 is 12.4 Å². The zero-order chi connectivity index (χ0) is 28.4. The molecule has 13 heteroatoms. The molecule has 4 saturated carbocycles. The standard InChI is InChI=1S/C26H30F7N3O3/c1-14-7-24(38,22-10-23(11-22,12-22)26(31,32)33)3-4-35(14)13-39-16-5-17-19(18(6-16)25(28,29)30)36(34-20(17)27)15-8-21(2,37)9-15/h5-6,14-15,37-38H,3-4,7-13H2,1-2H3. The number of ether oxygens (including phenoxy) is 1. The molecule has 0 amide bonds. The lowest BCUT2D eigenvalue weighted by Crippen LogP contribution is -2.77. The maximum absolute atomic E-state index is 14.7. The van der Waals surface area contributed by atoms with Crippen molar-refractivity contribution in [1.82, 2.24) is 14.7 Å². The Hall–Kier alpha value is -2.12.